The quantitative estimate of drug-likeness (QED) is 0.461. The summed E-state index contributed by atoms with van der Waals surface area (Å²) in [6.45, 7) is 0. The van der Waals surface area contributed by atoms with Crippen LogP contribution in [0.5, 0.6) is 0 Å². The van der Waals surface area contributed by atoms with Crippen LogP contribution in [0.2, 0.25) is 0 Å². The molecule has 0 saturated heterocycles. The van der Waals surface area contributed by atoms with E-state index in [0.29, 0.717) is 4.71 Å². The van der Waals surface area contributed by atoms with Crippen LogP contribution in [0, 0.1) is 0 Å². The molecule has 34 valence electrons. The molecule has 1 unspecified atom stereocenters. The van der Waals surface area contributed by atoms with Crippen molar-refractivity contribution in [1.82, 2.24) is 5.32 Å². The van der Waals surface area contributed by atoms with Gasteiger partial charge in [0.05, 0.1) is 0 Å². The second-order valence-electron chi connectivity index (χ2n) is 0.958. The molecule has 0 aromatic carbocycles. The average molecular weight is 119 g/mol. The van der Waals surface area contributed by atoms with Gasteiger partial charge in [0.25, 0.3) is 0 Å². The second-order valence-corrected chi connectivity index (χ2v) is 2.84. The maximum absolute atomic E-state index is 4.08. The van der Waals surface area contributed by atoms with E-state index < -0.39 is 0 Å². The molecule has 1 heterocycles. The Bertz CT molecular complexity index is 63.2. The topological polar surface area (TPSA) is 12.0 Å². The normalized spacial score (nSPS) is 30.5. The smallest absolute Gasteiger partial charge is 0.120 e. The first-order valence-corrected chi connectivity index (χ1v) is 3.10. The summed E-state index contributed by atoms with van der Waals surface area (Å²) in [5, 5.41) is 4.95. The van der Waals surface area contributed by atoms with E-state index in [1.165, 1.54) is 0 Å². The third-order valence-corrected chi connectivity index (χ3v) is 1.72. The van der Waals surface area contributed by atoms with Gasteiger partial charge in [-0.15, -0.1) is 12.6 Å². The van der Waals surface area contributed by atoms with Crippen LogP contribution in [-0.4, -0.2) is 4.71 Å². The molecule has 0 radical (unpaired) electrons. The van der Waals surface area contributed by atoms with Gasteiger partial charge in [0.1, 0.15) is 4.71 Å². The minimum Gasteiger partial charge on any atom is -0.370 e. The van der Waals surface area contributed by atoms with Crippen LogP contribution in [0.3, 0.4) is 0 Å². The summed E-state index contributed by atoms with van der Waals surface area (Å²) in [6.07, 6.45) is 1.89. The number of rotatable bonds is 0. The Morgan fingerprint density at radius 1 is 1.83 bits per heavy atom. The van der Waals surface area contributed by atoms with Gasteiger partial charge in [-0.2, -0.15) is 0 Å². The molecule has 1 aliphatic rings. The fourth-order valence-corrected chi connectivity index (χ4v) is 1.03. The van der Waals surface area contributed by atoms with Gasteiger partial charge in [0.2, 0.25) is 0 Å². The fraction of sp³-hybridized carbons (Fsp3) is 0.333. The van der Waals surface area contributed by atoms with E-state index in [1.54, 1.807) is 11.8 Å². The Labute approximate surface area is 46.6 Å². The first kappa shape index (κ1) is 4.40. The van der Waals surface area contributed by atoms with Gasteiger partial charge in [-0.1, -0.05) is 11.8 Å². The lowest BCUT2D eigenvalue weighted by Gasteiger charge is -1.95. The van der Waals surface area contributed by atoms with Crippen LogP contribution >= 0.6 is 24.4 Å². The largest absolute Gasteiger partial charge is 0.370 e. The van der Waals surface area contributed by atoms with Crippen molar-refractivity contribution in [3.05, 3.63) is 11.6 Å². The number of thioether (sulfide) groups is 1. The van der Waals surface area contributed by atoms with Crippen molar-refractivity contribution in [3.8, 4) is 0 Å². The molecule has 1 atom stereocenters. The molecule has 0 aromatic heterocycles. The highest BCUT2D eigenvalue weighted by Gasteiger charge is 1.99. The third kappa shape index (κ3) is 0.849. The Morgan fingerprint density at radius 2 is 2.67 bits per heavy atom. The van der Waals surface area contributed by atoms with E-state index in [4.69, 9.17) is 0 Å². The van der Waals surface area contributed by atoms with Crippen LogP contribution < -0.4 is 5.32 Å². The van der Waals surface area contributed by atoms with Crippen LogP contribution in [0.4, 0.5) is 0 Å². The molecule has 0 fully saturated rings. The minimum atomic E-state index is 0.296. The Morgan fingerprint density at radius 3 is 2.83 bits per heavy atom. The molecule has 0 aliphatic carbocycles. The van der Waals surface area contributed by atoms with Crippen molar-refractivity contribution < 1.29 is 0 Å². The van der Waals surface area contributed by atoms with Crippen molar-refractivity contribution in [2.45, 2.75) is 4.71 Å². The van der Waals surface area contributed by atoms with E-state index in [-0.39, 0.29) is 0 Å². The summed E-state index contributed by atoms with van der Waals surface area (Å²) in [7, 11) is 0. The summed E-state index contributed by atoms with van der Waals surface area (Å²) < 4.78 is 0.296. The number of nitrogens with one attached hydrogen (secondary N) is 1. The van der Waals surface area contributed by atoms with E-state index in [0.717, 1.165) is 0 Å². The van der Waals surface area contributed by atoms with Gasteiger partial charge in [-0.05, 0) is 5.41 Å². The first-order chi connectivity index (χ1) is 2.89. The zero-order valence-corrected chi connectivity index (χ0v) is 4.80. The molecule has 3 heteroatoms. The van der Waals surface area contributed by atoms with Crippen LogP contribution in [0.25, 0.3) is 0 Å². The molecule has 1 rings (SSSR count). The lowest BCUT2D eigenvalue weighted by molar-refractivity contribution is 1.04. The first-order valence-electron chi connectivity index (χ1n) is 1.64. The van der Waals surface area contributed by atoms with Crippen molar-refractivity contribution in [2.75, 3.05) is 0 Å². The highest BCUT2D eigenvalue weighted by Crippen LogP contribution is 2.16. The maximum atomic E-state index is 4.08. The zero-order chi connectivity index (χ0) is 4.41. The van der Waals surface area contributed by atoms with Gasteiger partial charge in [-0.3, -0.25) is 0 Å². The lowest BCUT2D eigenvalue weighted by Crippen LogP contribution is -2.06. The predicted octanol–water partition coefficient (Wildman–Crippen LogP) is 1.01. The molecule has 1 nitrogen and oxygen atoms in total. The molecule has 6 heavy (non-hydrogen) atoms. The Balaban J connectivity index is 2.32. The molecule has 0 spiro atoms. The highest BCUT2D eigenvalue weighted by molar-refractivity contribution is 8.12. The van der Waals surface area contributed by atoms with Gasteiger partial charge in [0.15, 0.2) is 0 Å². The summed E-state index contributed by atoms with van der Waals surface area (Å²) in [5.74, 6) is 0. The maximum Gasteiger partial charge on any atom is 0.120 e. The van der Waals surface area contributed by atoms with Crippen LogP contribution in [-0.2, 0) is 0 Å². The fourth-order valence-electron chi connectivity index (χ4n) is 0.275. The summed E-state index contributed by atoms with van der Waals surface area (Å²) in [5.41, 5.74) is 0. The van der Waals surface area contributed by atoms with E-state index in [1.807, 2.05) is 11.6 Å². The molecule has 0 saturated carbocycles. The lowest BCUT2D eigenvalue weighted by atomic mass is 11.0. The van der Waals surface area contributed by atoms with E-state index >= 15 is 0 Å². The van der Waals surface area contributed by atoms with Gasteiger partial charge >= 0.3 is 0 Å². The highest BCUT2D eigenvalue weighted by atomic mass is 32.2. The van der Waals surface area contributed by atoms with E-state index in [2.05, 4.69) is 17.9 Å². The van der Waals surface area contributed by atoms with Crippen LogP contribution in [0.15, 0.2) is 11.6 Å². The van der Waals surface area contributed by atoms with Crippen molar-refractivity contribution >= 4 is 24.4 Å². The summed E-state index contributed by atoms with van der Waals surface area (Å²) >= 11 is 5.75. The SMILES string of the molecule is SC1NC=CS1. The van der Waals surface area contributed by atoms with Gasteiger partial charge in [0, 0.05) is 6.20 Å². The molecular formula is C3H5NS2. The third-order valence-electron chi connectivity index (χ3n) is 0.514. The van der Waals surface area contributed by atoms with E-state index in [9.17, 15) is 0 Å². The van der Waals surface area contributed by atoms with Crippen molar-refractivity contribution in [3.63, 3.8) is 0 Å². The zero-order valence-electron chi connectivity index (χ0n) is 3.09. The van der Waals surface area contributed by atoms with Gasteiger partial charge in [-0.25, -0.2) is 0 Å². The monoisotopic (exact) mass is 119 g/mol. The Kier molecular flexibility index (Phi) is 1.32. The average Bonchev–Trinajstić information content (AvgIpc) is 1.86. The molecular weight excluding hydrogens is 114 g/mol. The molecule has 1 aliphatic heterocycles. The Hall–Kier alpha value is 0.240. The van der Waals surface area contributed by atoms with Gasteiger partial charge < -0.3 is 5.32 Å². The summed E-state index contributed by atoms with van der Waals surface area (Å²) in [6, 6.07) is 0. The van der Waals surface area contributed by atoms with Crippen molar-refractivity contribution in [1.29, 1.82) is 0 Å². The molecule has 0 aromatic rings. The predicted molar refractivity (Wildman–Crippen MR) is 32.6 cm³/mol. The molecule has 0 amide bonds. The number of hydrogen-bond acceptors (Lipinski definition) is 3. The molecule has 0 bridgehead atoms. The second kappa shape index (κ2) is 1.80. The standard InChI is InChI=1S/C3H5NS2/c5-3-4-1-2-6-3/h1-5H. The minimum absolute atomic E-state index is 0.296. The van der Waals surface area contributed by atoms with Crippen molar-refractivity contribution in [2.24, 2.45) is 0 Å². The number of thiol groups is 1. The summed E-state index contributed by atoms with van der Waals surface area (Å²) in [4.78, 5) is 0. The number of hydrogen-bond donors (Lipinski definition) is 2. The molecule has 1 N–H and O–H groups in total. The van der Waals surface area contributed by atoms with Crippen LogP contribution in [0.1, 0.15) is 0 Å².